The number of carbonyl (C=O) groups is 1. The summed E-state index contributed by atoms with van der Waals surface area (Å²) in [7, 11) is 0. The summed E-state index contributed by atoms with van der Waals surface area (Å²) in [5.74, 6) is -0.348. The smallest absolute Gasteiger partial charge is 0.333 e. The lowest BCUT2D eigenvalue weighted by atomic mass is 10.1. The number of aryl methyl sites for hydroxylation is 1. The van der Waals surface area contributed by atoms with Crippen LogP contribution in [0.4, 0.5) is 0 Å². The summed E-state index contributed by atoms with van der Waals surface area (Å²) in [6.07, 6.45) is 4.18. The Hall–Kier alpha value is -1.83. The first-order valence-corrected chi connectivity index (χ1v) is 6.16. The highest BCUT2D eigenvalue weighted by Gasteiger charge is 2.11. The highest BCUT2D eigenvalue weighted by Crippen LogP contribution is 2.10. The van der Waals surface area contributed by atoms with Crippen molar-refractivity contribution < 1.29 is 9.53 Å². The Morgan fingerprint density at radius 1 is 1.39 bits per heavy atom. The molecule has 1 aromatic carbocycles. The summed E-state index contributed by atoms with van der Waals surface area (Å²) in [6, 6.07) is 10.3. The quantitative estimate of drug-likeness (QED) is 0.415. The molecular formula is C16H20O2. The van der Waals surface area contributed by atoms with Gasteiger partial charge in [0, 0.05) is 5.57 Å². The zero-order valence-electron chi connectivity index (χ0n) is 10.9. The van der Waals surface area contributed by atoms with E-state index in [4.69, 9.17) is 4.74 Å². The van der Waals surface area contributed by atoms with Gasteiger partial charge in [-0.1, -0.05) is 49.6 Å². The van der Waals surface area contributed by atoms with E-state index in [2.05, 4.69) is 25.3 Å². The fourth-order valence-electron chi connectivity index (χ4n) is 1.62. The predicted octanol–water partition coefficient (Wildman–Crippen LogP) is 3.68. The Balaban J connectivity index is 2.34. The summed E-state index contributed by atoms with van der Waals surface area (Å²) in [5.41, 5.74) is 1.72. The van der Waals surface area contributed by atoms with Gasteiger partial charge in [0.2, 0.25) is 0 Å². The fraction of sp³-hybridized carbons (Fsp3) is 0.312. The molecular weight excluding hydrogens is 224 g/mol. The van der Waals surface area contributed by atoms with Gasteiger partial charge in [0.25, 0.3) is 0 Å². The standard InChI is InChI=1S/C16H20O2/c1-4-15(18-16(17)13(2)3)12-8-11-14-9-6-5-7-10-14/h4-7,9-10,15H,1-2,8,11-12H2,3H3. The van der Waals surface area contributed by atoms with Crippen molar-refractivity contribution in [3.05, 3.63) is 60.7 Å². The highest BCUT2D eigenvalue weighted by atomic mass is 16.5. The van der Waals surface area contributed by atoms with Crippen molar-refractivity contribution >= 4 is 5.97 Å². The van der Waals surface area contributed by atoms with Crippen LogP contribution >= 0.6 is 0 Å². The van der Waals surface area contributed by atoms with E-state index in [1.807, 2.05) is 18.2 Å². The van der Waals surface area contributed by atoms with Crippen LogP contribution in [0.15, 0.2) is 55.1 Å². The second-order valence-corrected chi connectivity index (χ2v) is 4.34. The van der Waals surface area contributed by atoms with Crippen molar-refractivity contribution in [3.8, 4) is 0 Å². The zero-order valence-corrected chi connectivity index (χ0v) is 10.9. The Kier molecular flexibility index (Phi) is 5.92. The van der Waals surface area contributed by atoms with E-state index in [9.17, 15) is 4.79 Å². The minimum Gasteiger partial charge on any atom is -0.455 e. The van der Waals surface area contributed by atoms with Gasteiger partial charge in [-0.3, -0.25) is 0 Å². The van der Waals surface area contributed by atoms with Gasteiger partial charge < -0.3 is 4.74 Å². The average Bonchev–Trinajstić information content (AvgIpc) is 2.38. The van der Waals surface area contributed by atoms with Crippen LogP contribution in [0.1, 0.15) is 25.3 Å². The van der Waals surface area contributed by atoms with Crippen molar-refractivity contribution in [2.75, 3.05) is 0 Å². The summed E-state index contributed by atoms with van der Waals surface area (Å²) in [4.78, 5) is 11.4. The fourth-order valence-corrected chi connectivity index (χ4v) is 1.62. The number of hydrogen-bond acceptors (Lipinski definition) is 2. The number of carbonyl (C=O) groups excluding carboxylic acids is 1. The molecule has 1 rings (SSSR count). The lowest BCUT2D eigenvalue weighted by Crippen LogP contribution is -2.16. The minimum absolute atomic E-state index is 0.224. The molecule has 0 bridgehead atoms. The Morgan fingerprint density at radius 3 is 2.61 bits per heavy atom. The maximum atomic E-state index is 11.4. The molecule has 0 radical (unpaired) electrons. The van der Waals surface area contributed by atoms with Gasteiger partial charge in [-0.25, -0.2) is 4.79 Å². The van der Waals surface area contributed by atoms with Crippen LogP contribution in [0.2, 0.25) is 0 Å². The molecule has 0 aliphatic carbocycles. The van der Waals surface area contributed by atoms with Gasteiger partial charge in [0.15, 0.2) is 0 Å². The zero-order chi connectivity index (χ0) is 13.4. The van der Waals surface area contributed by atoms with Crippen molar-refractivity contribution in [3.63, 3.8) is 0 Å². The van der Waals surface area contributed by atoms with Gasteiger partial charge in [-0.05, 0) is 31.7 Å². The van der Waals surface area contributed by atoms with Gasteiger partial charge in [-0.2, -0.15) is 0 Å². The van der Waals surface area contributed by atoms with E-state index in [1.54, 1.807) is 13.0 Å². The molecule has 0 aliphatic rings. The third-order valence-electron chi connectivity index (χ3n) is 2.67. The molecule has 1 atom stereocenters. The SMILES string of the molecule is C=CC(CCCc1ccccc1)OC(=O)C(=C)C. The molecule has 1 aromatic rings. The summed E-state index contributed by atoms with van der Waals surface area (Å²) in [6.45, 7) is 8.90. The number of rotatable bonds is 7. The molecule has 18 heavy (non-hydrogen) atoms. The van der Waals surface area contributed by atoms with Crippen LogP contribution in [-0.2, 0) is 16.0 Å². The largest absolute Gasteiger partial charge is 0.455 e. The van der Waals surface area contributed by atoms with Crippen LogP contribution in [0.3, 0.4) is 0 Å². The molecule has 0 saturated heterocycles. The van der Waals surface area contributed by atoms with Crippen LogP contribution in [0, 0.1) is 0 Å². The molecule has 0 saturated carbocycles. The molecule has 96 valence electrons. The molecule has 0 amide bonds. The first kappa shape index (κ1) is 14.2. The lowest BCUT2D eigenvalue weighted by molar-refractivity contribution is -0.142. The normalized spacial score (nSPS) is 11.6. The van der Waals surface area contributed by atoms with E-state index < -0.39 is 0 Å². The van der Waals surface area contributed by atoms with E-state index in [0.717, 1.165) is 19.3 Å². The molecule has 0 heterocycles. The van der Waals surface area contributed by atoms with Crippen LogP contribution in [-0.4, -0.2) is 12.1 Å². The van der Waals surface area contributed by atoms with Crippen molar-refractivity contribution in [1.29, 1.82) is 0 Å². The molecule has 1 unspecified atom stereocenters. The third kappa shape index (κ3) is 5.00. The topological polar surface area (TPSA) is 26.3 Å². The van der Waals surface area contributed by atoms with Gasteiger partial charge in [0.05, 0.1) is 0 Å². The molecule has 0 N–H and O–H groups in total. The van der Waals surface area contributed by atoms with E-state index >= 15 is 0 Å². The maximum absolute atomic E-state index is 11.4. The van der Waals surface area contributed by atoms with E-state index in [1.165, 1.54) is 5.56 Å². The molecule has 2 heteroatoms. The van der Waals surface area contributed by atoms with E-state index in [0.29, 0.717) is 5.57 Å². The predicted molar refractivity (Wildman–Crippen MR) is 74.3 cm³/mol. The van der Waals surface area contributed by atoms with Crippen LogP contribution < -0.4 is 0 Å². The van der Waals surface area contributed by atoms with E-state index in [-0.39, 0.29) is 12.1 Å². The first-order chi connectivity index (χ1) is 8.63. The third-order valence-corrected chi connectivity index (χ3v) is 2.67. The number of benzene rings is 1. The number of hydrogen-bond donors (Lipinski definition) is 0. The van der Waals surface area contributed by atoms with Gasteiger partial charge >= 0.3 is 5.97 Å². The Bertz CT molecular complexity index is 406. The van der Waals surface area contributed by atoms with Crippen molar-refractivity contribution in [2.45, 2.75) is 32.3 Å². The monoisotopic (exact) mass is 244 g/mol. The molecule has 0 spiro atoms. The second-order valence-electron chi connectivity index (χ2n) is 4.34. The average molecular weight is 244 g/mol. The maximum Gasteiger partial charge on any atom is 0.333 e. The molecule has 2 nitrogen and oxygen atoms in total. The van der Waals surface area contributed by atoms with Crippen molar-refractivity contribution in [1.82, 2.24) is 0 Å². The first-order valence-electron chi connectivity index (χ1n) is 6.16. The molecule has 0 fully saturated rings. The number of ether oxygens (including phenoxy) is 1. The summed E-state index contributed by atoms with van der Waals surface area (Å²) < 4.78 is 5.24. The second kappa shape index (κ2) is 7.49. The summed E-state index contributed by atoms with van der Waals surface area (Å²) >= 11 is 0. The van der Waals surface area contributed by atoms with Crippen LogP contribution in [0.5, 0.6) is 0 Å². The van der Waals surface area contributed by atoms with Crippen LogP contribution in [0.25, 0.3) is 0 Å². The lowest BCUT2D eigenvalue weighted by Gasteiger charge is -2.13. The number of esters is 1. The Labute approximate surface area is 109 Å². The minimum atomic E-state index is -0.348. The summed E-state index contributed by atoms with van der Waals surface area (Å²) in [5, 5.41) is 0. The highest BCUT2D eigenvalue weighted by molar-refractivity contribution is 5.87. The van der Waals surface area contributed by atoms with Gasteiger partial charge in [0.1, 0.15) is 6.10 Å². The van der Waals surface area contributed by atoms with Gasteiger partial charge in [-0.15, -0.1) is 0 Å². The van der Waals surface area contributed by atoms with Crippen molar-refractivity contribution in [2.24, 2.45) is 0 Å². The molecule has 0 aliphatic heterocycles. The Morgan fingerprint density at radius 2 is 2.06 bits per heavy atom. The molecule has 0 aromatic heterocycles.